The van der Waals surface area contributed by atoms with Crippen LogP contribution in [0.5, 0.6) is 0 Å². The fraction of sp³-hybridized carbons (Fsp3) is 0.318. The summed E-state index contributed by atoms with van der Waals surface area (Å²) >= 11 is 1.71. The number of hydrogen-bond donors (Lipinski definition) is 0. The minimum atomic E-state index is -0.554. The van der Waals surface area contributed by atoms with Crippen molar-refractivity contribution >= 4 is 44.5 Å². The minimum Gasteiger partial charge on any atom is -0.329 e. The van der Waals surface area contributed by atoms with Gasteiger partial charge in [-0.05, 0) is 75.6 Å². The van der Waals surface area contributed by atoms with Crippen LogP contribution in [0.4, 0.5) is 11.4 Å². The van der Waals surface area contributed by atoms with E-state index < -0.39 is 5.41 Å². The first-order chi connectivity index (χ1) is 12.9. The molecule has 27 heavy (non-hydrogen) atoms. The molecule has 0 saturated carbocycles. The van der Waals surface area contributed by atoms with Crippen LogP contribution in [-0.2, 0) is 0 Å². The predicted octanol–water partition coefficient (Wildman–Crippen LogP) is 5.36. The number of anilines is 1. The Balaban J connectivity index is 1.66. The molecule has 1 aromatic heterocycles. The number of nitrogens with zero attached hydrogens (tertiary/aromatic N) is 3. The summed E-state index contributed by atoms with van der Waals surface area (Å²) in [6.07, 6.45) is 0.783. The van der Waals surface area contributed by atoms with E-state index in [2.05, 4.69) is 41.9 Å². The number of aliphatic imine (C=N–C) groups is 1. The first kappa shape index (κ1) is 16.6. The summed E-state index contributed by atoms with van der Waals surface area (Å²) in [7, 11) is 0. The highest BCUT2D eigenvalue weighted by molar-refractivity contribution is 7.18. The fourth-order valence-corrected chi connectivity index (χ4v) is 4.99. The van der Waals surface area contributed by atoms with Gasteiger partial charge in [0.2, 0.25) is 0 Å². The van der Waals surface area contributed by atoms with Gasteiger partial charge in [0, 0.05) is 17.8 Å². The molecule has 0 amide bonds. The van der Waals surface area contributed by atoms with Crippen LogP contribution in [0.1, 0.15) is 39.8 Å². The highest BCUT2D eigenvalue weighted by Gasteiger charge is 2.50. The van der Waals surface area contributed by atoms with Crippen molar-refractivity contribution in [3.05, 3.63) is 52.0 Å². The number of carbonyl (C=O) groups is 1. The van der Waals surface area contributed by atoms with Gasteiger partial charge in [0.1, 0.15) is 5.84 Å². The molecule has 1 atom stereocenters. The van der Waals surface area contributed by atoms with Gasteiger partial charge in [-0.25, -0.2) is 9.98 Å². The Morgan fingerprint density at radius 1 is 1.11 bits per heavy atom. The Morgan fingerprint density at radius 2 is 1.89 bits per heavy atom. The molecule has 2 aromatic carbocycles. The number of rotatable bonds is 1. The lowest BCUT2D eigenvalue weighted by molar-refractivity contribution is 0.0887. The molecular formula is C22H21N3OS. The smallest absolute Gasteiger partial charge is 0.178 e. The zero-order chi connectivity index (χ0) is 18.9. The van der Waals surface area contributed by atoms with E-state index in [-0.39, 0.29) is 5.78 Å². The quantitative estimate of drug-likeness (QED) is 0.575. The van der Waals surface area contributed by atoms with Gasteiger partial charge in [-0.15, -0.1) is 11.3 Å². The lowest BCUT2D eigenvalue weighted by Crippen LogP contribution is -2.40. The van der Waals surface area contributed by atoms with E-state index in [1.54, 1.807) is 11.3 Å². The van der Waals surface area contributed by atoms with E-state index in [1.165, 1.54) is 10.3 Å². The number of carbonyl (C=O) groups excluding carboxylic acids is 1. The summed E-state index contributed by atoms with van der Waals surface area (Å²) < 4.78 is 1.19. The molecule has 5 rings (SSSR count). The Hall–Kier alpha value is -2.53. The SMILES string of the molecule is Cc1nc2cc(N3CC[C@@]4(C)C(=O)c5cc(C)c(C)cc5N=C34)ccc2s1. The summed E-state index contributed by atoms with van der Waals surface area (Å²) in [6, 6.07) is 10.4. The summed E-state index contributed by atoms with van der Waals surface area (Å²) in [5.41, 5.74) is 5.39. The molecule has 136 valence electrons. The van der Waals surface area contributed by atoms with Gasteiger partial charge in [-0.1, -0.05) is 0 Å². The van der Waals surface area contributed by atoms with Crippen LogP contribution in [-0.4, -0.2) is 23.1 Å². The van der Waals surface area contributed by atoms with Gasteiger partial charge in [0.05, 0.1) is 26.3 Å². The maximum Gasteiger partial charge on any atom is 0.178 e. The van der Waals surface area contributed by atoms with Crippen molar-refractivity contribution in [2.24, 2.45) is 10.4 Å². The molecule has 0 unspecified atom stereocenters. The van der Waals surface area contributed by atoms with Gasteiger partial charge >= 0.3 is 0 Å². The molecule has 1 fully saturated rings. The van der Waals surface area contributed by atoms with Crippen LogP contribution in [0.3, 0.4) is 0 Å². The first-order valence-corrected chi connectivity index (χ1v) is 10.1. The van der Waals surface area contributed by atoms with Crippen molar-refractivity contribution in [3.8, 4) is 0 Å². The number of amidine groups is 1. The fourth-order valence-electron chi connectivity index (χ4n) is 4.19. The normalized spacial score (nSPS) is 21.4. The Labute approximate surface area is 162 Å². The van der Waals surface area contributed by atoms with Crippen LogP contribution >= 0.6 is 11.3 Å². The largest absolute Gasteiger partial charge is 0.329 e. The number of aryl methyl sites for hydroxylation is 3. The maximum absolute atomic E-state index is 13.4. The Bertz CT molecular complexity index is 1160. The minimum absolute atomic E-state index is 0.193. The van der Waals surface area contributed by atoms with Crippen LogP contribution in [0.2, 0.25) is 0 Å². The molecule has 0 aliphatic carbocycles. The molecule has 3 heterocycles. The molecule has 0 N–H and O–H groups in total. The predicted molar refractivity (Wildman–Crippen MR) is 112 cm³/mol. The monoisotopic (exact) mass is 375 g/mol. The molecule has 0 radical (unpaired) electrons. The second-order valence-electron chi connectivity index (χ2n) is 7.84. The third kappa shape index (κ3) is 2.31. The van der Waals surface area contributed by atoms with Crippen molar-refractivity contribution in [1.82, 2.24) is 4.98 Å². The van der Waals surface area contributed by atoms with Crippen molar-refractivity contribution in [1.29, 1.82) is 0 Å². The standard InChI is InChI=1S/C22H21N3OS/c1-12-9-16-17(10-13(12)2)24-21-22(4,20(16)26)7-8-25(21)15-5-6-19-18(11-15)23-14(3)27-19/h5-6,9-11H,7-8H2,1-4H3/t22-/m0/s1. The third-order valence-corrected chi connectivity index (χ3v) is 6.91. The lowest BCUT2D eigenvalue weighted by atomic mass is 9.77. The number of thiazole rings is 1. The van der Waals surface area contributed by atoms with Gasteiger partial charge in [0.15, 0.2) is 5.78 Å². The van der Waals surface area contributed by atoms with Crippen LogP contribution < -0.4 is 4.90 Å². The van der Waals surface area contributed by atoms with E-state index in [1.807, 2.05) is 26.0 Å². The number of Topliss-reactive ketones (excluding diaryl/α,β-unsaturated/α-hetero) is 1. The zero-order valence-electron chi connectivity index (χ0n) is 16.0. The van der Waals surface area contributed by atoms with Gasteiger partial charge in [-0.2, -0.15) is 0 Å². The lowest BCUT2D eigenvalue weighted by Gasteiger charge is -2.31. The number of ketones is 1. The van der Waals surface area contributed by atoms with Crippen molar-refractivity contribution in [2.45, 2.75) is 34.1 Å². The van der Waals surface area contributed by atoms with Crippen molar-refractivity contribution in [3.63, 3.8) is 0 Å². The first-order valence-electron chi connectivity index (χ1n) is 9.27. The third-order valence-electron chi connectivity index (χ3n) is 5.96. The van der Waals surface area contributed by atoms with Crippen molar-refractivity contribution in [2.75, 3.05) is 11.4 Å². The van der Waals surface area contributed by atoms with Crippen LogP contribution in [0, 0.1) is 26.2 Å². The average Bonchev–Trinajstić information content (AvgIpc) is 3.16. The van der Waals surface area contributed by atoms with Gasteiger partial charge < -0.3 is 4.90 Å². The summed E-state index contributed by atoms with van der Waals surface area (Å²) in [5, 5.41) is 1.07. The molecule has 0 bridgehead atoms. The number of aromatic nitrogens is 1. The van der Waals surface area contributed by atoms with E-state index in [0.717, 1.165) is 51.8 Å². The highest BCUT2D eigenvalue weighted by atomic mass is 32.1. The number of hydrogen-bond acceptors (Lipinski definition) is 5. The molecule has 2 aliphatic heterocycles. The van der Waals surface area contributed by atoms with Gasteiger partial charge in [0.25, 0.3) is 0 Å². The molecule has 3 aromatic rings. The average molecular weight is 375 g/mol. The summed E-state index contributed by atoms with van der Waals surface area (Å²) in [4.78, 5) is 25.2. The van der Waals surface area contributed by atoms with E-state index >= 15 is 0 Å². The maximum atomic E-state index is 13.4. The second kappa shape index (κ2) is 5.49. The van der Waals surface area contributed by atoms with Crippen molar-refractivity contribution < 1.29 is 4.79 Å². The number of benzene rings is 2. The van der Waals surface area contributed by atoms with Crippen LogP contribution in [0.25, 0.3) is 10.2 Å². The Morgan fingerprint density at radius 3 is 2.70 bits per heavy atom. The number of fused-ring (bicyclic) bond motifs is 3. The summed E-state index contributed by atoms with van der Waals surface area (Å²) in [6.45, 7) is 8.98. The van der Waals surface area contributed by atoms with Gasteiger partial charge in [-0.3, -0.25) is 4.79 Å². The molecule has 5 heteroatoms. The second-order valence-corrected chi connectivity index (χ2v) is 9.07. The molecule has 0 spiro atoms. The summed E-state index contributed by atoms with van der Waals surface area (Å²) in [5.74, 6) is 1.06. The molecule has 2 aliphatic rings. The van der Waals surface area contributed by atoms with E-state index in [4.69, 9.17) is 4.99 Å². The Kier molecular flexibility index (Phi) is 3.38. The highest BCUT2D eigenvalue weighted by Crippen LogP contribution is 2.45. The zero-order valence-corrected chi connectivity index (χ0v) is 16.8. The molecule has 4 nitrogen and oxygen atoms in total. The van der Waals surface area contributed by atoms with Crippen LogP contribution in [0.15, 0.2) is 35.3 Å². The van der Waals surface area contributed by atoms with E-state index in [0.29, 0.717) is 0 Å². The molecular weight excluding hydrogens is 354 g/mol. The topological polar surface area (TPSA) is 45.6 Å². The molecule has 1 saturated heterocycles. The van der Waals surface area contributed by atoms with E-state index in [9.17, 15) is 4.79 Å².